The van der Waals surface area contributed by atoms with Crippen LogP contribution in [0.4, 0.5) is 0 Å². The average Bonchev–Trinajstić information content (AvgIpc) is 2.62. The third-order valence-electron chi connectivity index (χ3n) is 4.98. The monoisotopic (exact) mass is 339 g/mol. The van der Waals surface area contributed by atoms with Crippen LogP contribution in [0.1, 0.15) is 62.7 Å². The number of ether oxygens (including phenoxy) is 1. The zero-order valence-electron chi connectivity index (χ0n) is 15.4. The number of carbonyl (C=O) groups excluding carboxylic acids is 1. The van der Waals surface area contributed by atoms with Crippen molar-refractivity contribution >= 4 is 16.7 Å². The van der Waals surface area contributed by atoms with Gasteiger partial charge in [0.25, 0.3) is 5.91 Å². The molecule has 0 heterocycles. The van der Waals surface area contributed by atoms with Crippen LogP contribution >= 0.6 is 0 Å². The van der Waals surface area contributed by atoms with Crippen molar-refractivity contribution in [2.24, 2.45) is 5.92 Å². The smallest absolute Gasteiger partial charge is 0.251 e. The number of amides is 1. The van der Waals surface area contributed by atoms with Gasteiger partial charge in [-0.3, -0.25) is 4.79 Å². The molecule has 1 fully saturated rings. The molecule has 1 N–H and O–H groups in total. The largest absolute Gasteiger partial charge is 0.493 e. The van der Waals surface area contributed by atoms with Gasteiger partial charge in [0.15, 0.2) is 0 Å². The van der Waals surface area contributed by atoms with Crippen molar-refractivity contribution in [3.8, 4) is 5.75 Å². The Kier molecular flexibility index (Phi) is 5.95. The molecule has 1 saturated carbocycles. The molecule has 25 heavy (non-hydrogen) atoms. The Morgan fingerprint density at radius 3 is 2.68 bits per heavy atom. The van der Waals surface area contributed by atoms with Gasteiger partial charge in [-0.15, -0.1) is 0 Å². The van der Waals surface area contributed by atoms with Gasteiger partial charge in [-0.2, -0.15) is 0 Å². The summed E-state index contributed by atoms with van der Waals surface area (Å²) in [7, 11) is 0. The standard InChI is InChI=1S/C22H29NO2/c1-16(2)12-13-25-21-15-18(14-17-8-6-7-11-20(17)21)22(24)23-19-9-4-3-5-10-19/h6-8,11,14-16,19H,3-5,9-10,12-13H2,1-2H3,(H,23,24). The highest BCUT2D eigenvalue weighted by Gasteiger charge is 2.18. The number of rotatable bonds is 6. The minimum atomic E-state index is 0.0198. The summed E-state index contributed by atoms with van der Waals surface area (Å²) in [5, 5.41) is 5.33. The predicted octanol–water partition coefficient (Wildman–Crippen LogP) is 5.33. The summed E-state index contributed by atoms with van der Waals surface area (Å²) in [6.45, 7) is 5.06. The van der Waals surface area contributed by atoms with Crippen molar-refractivity contribution in [3.63, 3.8) is 0 Å². The lowest BCUT2D eigenvalue weighted by Gasteiger charge is -2.23. The Labute approximate surface area is 150 Å². The van der Waals surface area contributed by atoms with E-state index in [1.165, 1.54) is 19.3 Å². The van der Waals surface area contributed by atoms with E-state index in [0.29, 0.717) is 24.1 Å². The molecule has 3 rings (SSSR count). The van der Waals surface area contributed by atoms with E-state index in [1.54, 1.807) is 0 Å². The third kappa shape index (κ3) is 4.75. The zero-order valence-corrected chi connectivity index (χ0v) is 15.4. The molecule has 2 aromatic carbocycles. The fourth-order valence-electron chi connectivity index (χ4n) is 3.45. The van der Waals surface area contributed by atoms with Gasteiger partial charge >= 0.3 is 0 Å². The van der Waals surface area contributed by atoms with Crippen LogP contribution in [0.15, 0.2) is 36.4 Å². The molecule has 0 radical (unpaired) electrons. The number of hydrogen-bond donors (Lipinski definition) is 1. The Morgan fingerprint density at radius 1 is 1.16 bits per heavy atom. The molecule has 0 aromatic heterocycles. The lowest BCUT2D eigenvalue weighted by atomic mass is 9.95. The fraction of sp³-hybridized carbons (Fsp3) is 0.500. The molecular formula is C22H29NO2. The third-order valence-corrected chi connectivity index (χ3v) is 4.98. The van der Waals surface area contributed by atoms with Crippen molar-refractivity contribution in [1.29, 1.82) is 0 Å². The molecule has 0 spiro atoms. The van der Waals surface area contributed by atoms with Crippen LogP contribution in [-0.2, 0) is 0 Å². The van der Waals surface area contributed by atoms with E-state index < -0.39 is 0 Å². The van der Waals surface area contributed by atoms with Crippen LogP contribution < -0.4 is 10.1 Å². The first kappa shape index (κ1) is 17.8. The molecule has 1 aliphatic rings. The second kappa shape index (κ2) is 8.37. The van der Waals surface area contributed by atoms with Crippen molar-refractivity contribution in [2.75, 3.05) is 6.61 Å². The summed E-state index contributed by atoms with van der Waals surface area (Å²) in [5.41, 5.74) is 0.698. The van der Waals surface area contributed by atoms with Gasteiger partial charge in [0.1, 0.15) is 5.75 Å². The number of fused-ring (bicyclic) bond motifs is 1. The van der Waals surface area contributed by atoms with Gasteiger partial charge in [0.05, 0.1) is 6.61 Å². The van der Waals surface area contributed by atoms with Gasteiger partial charge in [-0.05, 0) is 42.7 Å². The van der Waals surface area contributed by atoms with Gasteiger partial charge in [0, 0.05) is 17.0 Å². The van der Waals surface area contributed by atoms with E-state index in [2.05, 4.69) is 25.2 Å². The Morgan fingerprint density at radius 2 is 1.92 bits per heavy atom. The molecule has 0 aliphatic heterocycles. The normalized spacial score (nSPS) is 15.5. The predicted molar refractivity (Wildman–Crippen MR) is 103 cm³/mol. The van der Waals surface area contributed by atoms with Crippen LogP contribution in [0.5, 0.6) is 5.75 Å². The zero-order chi connectivity index (χ0) is 17.6. The van der Waals surface area contributed by atoms with E-state index in [9.17, 15) is 4.79 Å². The molecule has 0 unspecified atom stereocenters. The minimum Gasteiger partial charge on any atom is -0.493 e. The summed E-state index contributed by atoms with van der Waals surface area (Å²) in [5.74, 6) is 1.43. The molecule has 0 bridgehead atoms. The number of carbonyl (C=O) groups is 1. The number of hydrogen-bond acceptors (Lipinski definition) is 2. The summed E-state index contributed by atoms with van der Waals surface area (Å²) < 4.78 is 6.03. The molecule has 1 aliphatic carbocycles. The van der Waals surface area contributed by atoms with Gasteiger partial charge in [-0.25, -0.2) is 0 Å². The van der Waals surface area contributed by atoms with Crippen molar-refractivity contribution in [1.82, 2.24) is 5.32 Å². The second-order valence-electron chi connectivity index (χ2n) is 7.53. The molecule has 0 saturated heterocycles. The fourth-order valence-corrected chi connectivity index (χ4v) is 3.45. The van der Waals surface area contributed by atoms with Crippen molar-refractivity contribution < 1.29 is 9.53 Å². The van der Waals surface area contributed by atoms with E-state index in [0.717, 1.165) is 35.8 Å². The Bertz CT molecular complexity index is 717. The molecule has 2 aromatic rings. The first-order valence-electron chi connectivity index (χ1n) is 9.60. The van der Waals surface area contributed by atoms with Crippen LogP contribution in [0.25, 0.3) is 10.8 Å². The lowest BCUT2D eigenvalue weighted by molar-refractivity contribution is 0.0927. The minimum absolute atomic E-state index is 0.0198. The molecule has 0 atom stereocenters. The van der Waals surface area contributed by atoms with Gasteiger partial charge < -0.3 is 10.1 Å². The van der Waals surface area contributed by atoms with E-state index in [4.69, 9.17) is 4.74 Å². The maximum Gasteiger partial charge on any atom is 0.251 e. The molecule has 3 heteroatoms. The highest BCUT2D eigenvalue weighted by molar-refractivity contribution is 6.01. The van der Waals surface area contributed by atoms with Crippen LogP contribution in [0, 0.1) is 5.92 Å². The van der Waals surface area contributed by atoms with E-state index in [1.807, 2.05) is 30.3 Å². The van der Waals surface area contributed by atoms with Crippen LogP contribution in [-0.4, -0.2) is 18.6 Å². The molecule has 3 nitrogen and oxygen atoms in total. The molecular weight excluding hydrogens is 310 g/mol. The number of nitrogens with one attached hydrogen (secondary N) is 1. The second-order valence-corrected chi connectivity index (χ2v) is 7.53. The summed E-state index contributed by atoms with van der Waals surface area (Å²) in [6.07, 6.45) is 6.91. The van der Waals surface area contributed by atoms with Gasteiger partial charge in [-0.1, -0.05) is 57.4 Å². The van der Waals surface area contributed by atoms with Crippen molar-refractivity contribution in [2.45, 2.75) is 58.4 Å². The summed E-state index contributed by atoms with van der Waals surface area (Å²) in [6, 6.07) is 12.3. The van der Waals surface area contributed by atoms with Crippen molar-refractivity contribution in [3.05, 3.63) is 42.0 Å². The lowest BCUT2D eigenvalue weighted by Crippen LogP contribution is -2.36. The molecule has 1 amide bonds. The Balaban J connectivity index is 1.80. The first-order chi connectivity index (χ1) is 12.1. The summed E-state index contributed by atoms with van der Waals surface area (Å²) in [4.78, 5) is 12.7. The van der Waals surface area contributed by atoms with Crippen LogP contribution in [0.2, 0.25) is 0 Å². The van der Waals surface area contributed by atoms with Crippen LogP contribution in [0.3, 0.4) is 0 Å². The van der Waals surface area contributed by atoms with Gasteiger partial charge in [0.2, 0.25) is 0 Å². The van der Waals surface area contributed by atoms with E-state index in [-0.39, 0.29) is 5.91 Å². The maximum absolute atomic E-state index is 12.7. The SMILES string of the molecule is CC(C)CCOc1cc(C(=O)NC2CCCCC2)cc2ccccc12. The summed E-state index contributed by atoms with van der Waals surface area (Å²) >= 11 is 0. The quantitative estimate of drug-likeness (QED) is 0.773. The highest BCUT2D eigenvalue weighted by atomic mass is 16.5. The topological polar surface area (TPSA) is 38.3 Å². The Hall–Kier alpha value is -2.03. The average molecular weight is 339 g/mol. The number of benzene rings is 2. The first-order valence-corrected chi connectivity index (χ1v) is 9.60. The maximum atomic E-state index is 12.7. The van der Waals surface area contributed by atoms with E-state index >= 15 is 0 Å². The molecule has 134 valence electrons. The highest BCUT2D eigenvalue weighted by Crippen LogP contribution is 2.28.